The summed E-state index contributed by atoms with van der Waals surface area (Å²) in [6.45, 7) is 20.8. The summed E-state index contributed by atoms with van der Waals surface area (Å²) in [5.74, 6) is 6.29. The number of aryl methyl sites for hydroxylation is 2. The van der Waals surface area contributed by atoms with Gasteiger partial charge in [0.05, 0.1) is 102 Å². The average Bonchev–Trinajstić information content (AvgIpc) is 1.49. The van der Waals surface area contributed by atoms with Crippen molar-refractivity contribution < 1.29 is 100 Å². The van der Waals surface area contributed by atoms with E-state index in [-0.39, 0.29) is 62.5 Å². The smallest absolute Gasteiger partial charge is 0.331 e. The molecule has 2 unspecified atom stereocenters. The molecule has 0 saturated carbocycles. The van der Waals surface area contributed by atoms with Crippen LogP contribution in [0.1, 0.15) is 165 Å². The van der Waals surface area contributed by atoms with Crippen molar-refractivity contribution in [1.82, 2.24) is 30.2 Å². The number of nitrogens with one attached hydrogen (secondary N) is 2. The third-order valence-electron chi connectivity index (χ3n) is 25.8. The molecule has 0 radical (unpaired) electrons. The summed E-state index contributed by atoms with van der Waals surface area (Å²) in [6.07, 6.45) is 1.49. The van der Waals surface area contributed by atoms with Gasteiger partial charge in [-0.3, -0.25) is 39.8 Å². The third kappa shape index (κ3) is 12.3. The molecule has 8 bridgehead atoms. The number of benzene rings is 6. The van der Waals surface area contributed by atoms with Crippen molar-refractivity contribution in [3.05, 3.63) is 125 Å². The van der Waals surface area contributed by atoms with E-state index in [1.165, 1.54) is 13.8 Å². The predicted octanol–water partition coefficient (Wildman–Crippen LogP) is 10.2. The van der Waals surface area contributed by atoms with Gasteiger partial charge in [-0.05, 0) is 164 Å². The molecule has 0 amide bonds. The first-order chi connectivity index (χ1) is 56.5. The molecule has 0 aromatic heterocycles. The van der Waals surface area contributed by atoms with Crippen molar-refractivity contribution in [3.63, 3.8) is 0 Å². The standard InChI is InChI=1S/C44H50N4O10S.C43H51N3O11S/c1-9-53-31-15-24-11-12-46-44(26(24)16-30(31)51-7)19-59-42-34-33(41-39(56-20-57-41)22(4)38(34)58-23(5)49)29(18-55-43(44)50)48-28(17-45)27-14-25-13-21(3)37(52-8)40(54-10-2)32(25)35(36(42)48)47(27)6;1-9-52-29-15-23-11-12-44-43(25(23)16-28(29)50-7)18-58-40-32-31(39-37(55-19-56-39)21(4)36(32)57-22(5)47)27(17-54-42(43)49)46-34(40)33-30-24(14-26(41(46)48)45(33)6)13-20(3)35(51-8)38(30)53-10-2/h13,15-16,27-29,35-36,42,46H,9-12,14,18-20H2,1-8H3;13,15-16,26-27,33-34,40-41,44,48H,9-12,14,17-19H2,1-8H3/t27-,28-,29-,35+,36?,42+,44+;26-,27-,33+,34?,40+,41-,43+/m00/s1. The van der Waals surface area contributed by atoms with Crippen LogP contribution in [0.5, 0.6) is 80.5 Å². The van der Waals surface area contributed by atoms with E-state index in [1.54, 1.807) is 52.0 Å². The Balaban J connectivity index is 0.000000168. The minimum atomic E-state index is -1.29. The summed E-state index contributed by atoms with van der Waals surface area (Å²) in [5.41, 5.74) is 11.1. The number of piperazine rings is 2. The van der Waals surface area contributed by atoms with E-state index in [1.807, 2.05) is 79.7 Å². The lowest BCUT2D eigenvalue weighted by atomic mass is 9.71. The zero-order valence-corrected chi connectivity index (χ0v) is 70.5. The monoisotopic (exact) mass is 1640 g/mol. The number of carbonyl (C=O) groups excluding carboxylic acids is 4. The molecule has 6 aromatic carbocycles. The summed E-state index contributed by atoms with van der Waals surface area (Å²) >= 11 is 3.14. The number of methoxy groups -OCH3 is 4. The van der Waals surface area contributed by atoms with Gasteiger partial charge in [0.1, 0.15) is 37.0 Å². The summed E-state index contributed by atoms with van der Waals surface area (Å²) in [5, 5.41) is 30.3. The van der Waals surface area contributed by atoms with Gasteiger partial charge in [0.15, 0.2) is 80.1 Å². The summed E-state index contributed by atoms with van der Waals surface area (Å²) in [7, 11) is 10.6. The van der Waals surface area contributed by atoms with E-state index in [9.17, 15) is 29.5 Å². The van der Waals surface area contributed by atoms with Crippen LogP contribution < -0.4 is 76.9 Å². The predicted molar refractivity (Wildman–Crippen MR) is 431 cm³/mol. The number of carbonyl (C=O) groups is 4. The van der Waals surface area contributed by atoms with E-state index in [2.05, 4.69) is 62.5 Å². The van der Waals surface area contributed by atoms with E-state index in [0.717, 1.165) is 66.8 Å². The number of hydrogen-bond donors (Lipinski definition) is 3. The Bertz CT molecular complexity index is 5120. The van der Waals surface area contributed by atoms with Gasteiger partial charge in [-0.25, -0.2) is 9.59 Å². The molecule has 14 atom stereocenters. The molecule has 622 valence electrons. The first-order valence-electron chi connectivity index (χ1n) is 40.3. The minimum absolute atomic E-state index is 0.0317. The van der Waals surface area contributed by atoms with Crippen molar-refractivity contribution >= 4 is 47.4 Å². The van der Waals surface area contributed by atoms with Crippen molar-refractivity contribution in [2.45, 2.75) is 177 Å². The topological polar surface area (TPSA) is 297 Å². The van der Waals surface area contributed by atoms with Crippen molar-refractivity contribution in [2.24, 2.45) is 0 Å². The Labute approximate surface area is 688 Å². The molecule has 0 aliphatic carbocycles. The number of esters is 4. The zero-order chi connectivity index (χ0) is 82.3. The highest BCUT2D eigenvalue weighted by Gasteiger charge is 2.65. The summed E-state index contributed by atoms with van der Waals surface area (Å²) in [6, 6.07) is 10.6. The Morgan fingerprint density at radius 3 is 1.36 bits per heavy atom. The average molecular weight is 1640 g/mol. The van der Waals surface area contributed by atoms with Gasteiger partial charge in [0.2, 0.25) is 13.6 Å². The van der Waals surface area contributed by atoms with Crippen molar-refractivity contribution in [3.8, 4) is 86.6 Å². The molecule has 4 saturated heterocycles. The number of nitrogens with zero attached hydrogens (tertiary/aromatic N) is 5. The zero-order valence-electron chi connectivity index (χ0n) is 68.9. The second-order valence-corrected chi connectivity index (χ2v) is 33.9. The second-order valence-electron chi connectivity index (χ2n) is 31.7. The van der Waals surface area contributed by atoms with Crippen LogP contribution in [0.25, 0.3) is 0 Å². The Kier molecular flexibility index (Phi) is 21.3. The lowest BCUT2D eigenvalue weighted by Gasteiger charge is -2.62. The molecule has 4 fully saturated rings. The fraction of sp³-hybridized carbons (Fsp3) is 0.529. The first-order valence-corrected chi connectivity index (χ1v) is 42.4. The summed E-state index contributed by atoms with van der Waals surface area (Å²) < 4.78 is 99.0. The molecule has 30 heteroatoms. The van der Waals surface area contributed by atoms with Gasteiger partial charge < -0.3 is 80.9 Å². The molecular formula is C87H101N7O21S2. The number of fused-ring (bicyclic) bond motifs is 18. The van der Waals surface area contributed by atoms with Gasteiger partial charge in [-0.15, -0.1) is 23.5 Å². The molecule has 3 N–H and O–H groups in total. The molecule has 14 aliphatic heterocycles. The first kappa shape index (κ1) is 80.1. The van der Waals surface area contributed by atoms with E-state index in [0.29, 0.717) is 168 Å². The highest BCUT2D eigenvalue weighted by atomic mass is 32.2. The fourth-order valence-electron chi connectivity index (χ4n) is 21.2. The number of aliphatic hydroxyl groups is 1. The molecule has 28 nitrogen and oxygen atoms in total. The Morgan fingerprint density at radius 1 is 0.521 bits per heavy atom. The maximum absolute atomic E-state index is 15.0. The highest BCUT2D eigenvalue weighted by molar-refractivity contribution is 7.99. The lowest BCUT2D eigenvalue weighted by Crippen LogP contribution is -2.70. The minimum Gasteiger partial charge on any atom is -0.493 e. The fourth-order valence-corrected chi connectivity index (χ4v) is 24.6. The van der Waals surface area contributed by atoms with Crippen LogP contribution >= 0.6 is 23.5 Å². The maximum Gasteiger partial charge on any atom is 0.331 e. The lowest BCUT2D eigenvalue weighted by molar-refractivity contribution is -0.186. The van der Waals surface area contributed by atoms with Crippen LogP contribution in [0.3, 0.4) is 0 Å². The molecule has 117 heavy (non-hydrogen) atoms. The number of ether oxygens (including phenoxy) is 16. The van der Waals surface area contributed by atoms with Gasteiger partial charge in [-0.1, -0.05) is 12.1 Å². The number of likely N-dealkylation sites (N-methyl/N-ethyl adjacent to an activating group) is 2. The maximum atomic E-state index is 15.0. The molecular weight excluding hydrogens is 1540 g/mol. The van der Waals surface area contributed by atoms with E-state index >= 15 is 0 Å². The second kappa shape index (κ2) is 31.1. The van der Waals surface area contributed by atoms with Crippen LogP contribution in [0.4, 0.5) is 0 Å². The Hall–Kier alpha value is -9.29. The quantitative estimate of drug-likeness (QED) is 0.0674. The third-order valence-corrected chi connectivity index (χ3v) is 28.8. The number of aliphatic hydroxyl groups excluding tert-OH is 1. The normalized spacial score (nSPS) is 27.9. The molecule has 2 spiro atoms. The van der Waals surface area contributed by atoms with E-state index < -0.39 is 81.9 Å². The van der Waals surface area contributed by atoms with Gasteiger partial charge >= 0.3 is 23.9 Å². The molecule has 14 heterocycles. The highest BCUT2D eigenvalue weighted by Crippen LogP contribution is 2.68. The largest absolute Gasteiger partial charge is 0.493 e. The number of thioether (sulfide) groups is 2. The number of nitriles is 1. The van der Waals surface area contributed by atoms with Crippen LogP contribution in [-0.4, -0.2) is 205 Å². The van der Waals surface area contributed by atoms with Gasteiger partial charge in [0, 0.05) is 101 Å². The van der Waals surface area contributed by atoms with Crippen molar-refractivity contribution in [1.29, 1.82) is 5.26 Å². The number of hydrogen-bond acceptors (Lipinski definition) is 30. The van der Waals surface area contributed by atoms with Gasteiger partial charge in [0.25, 0.3) is 0 Å². The van der Waals surface area contributed by atoms with Crippen molar-refractivity contribution in [2.75, 3.05) is 120 Å². The summed E-state index contributed by atoms with van der Waals surface area (Å²) in [4.78, 5) is 65.0. The van der Waals surface area contributed by atoms with Gasteiger partial charge in [-0.2, -0.15) is 5.26 Å². The SMILES string of the molecule is CCOc1cc2c(cc1OC)[C@@]1(CS[C@@H]3c4c(OC(C)=O)c(C)c5c(c4[C@H](COC1=O)N1C3[C@H]3c4c(cc(C)c(OC)c4OCC)C[C@@H]([C@@H]1C#N)N3C)OCO5)NCC2.CCOc1cc2c(cc1OC)[C@@]1(CS[C@@H]3c4c(OC(C)=O)c(C)c5c(c4[C@H](COC1=O)N1C3[C@H]3c4c(cc(C)c(OC)c4OCC)C[C@@H]([C@@H]1O)N3C)OCO5)NCC2. The van der Waals surface area contributed by atoms with Crippen LogP contribution in [0.2, 0.25) is 0 Å². The van der Waals surface area contributed by atoms with E-state index in [4.69, 9.17) is 75.8 Å². The molecule has 14 aliphatic rings. The number of rotatable bonds is 14. The van der Waals surface area contributed by atoms with Crippen LogP contribution in [-0.2, 0) is 65.4 Å². The molecule has 20 rings (SSSR count). The van der Waals surface area contributed by atoms with Crippen LogP contribution in [0.15, 0.2) is 36.4 Å². The molecule has 6 aromatic rings. The Morgan fingerprint density at radius 2 is 0.940 bits per heavy atom. The van der Waals surface area contributed by atoms with Crippen LogP contribution in [0, 0.1) is 39.0 Å².